The molecule has 1 aliphatic heterocycles. The van der Waals surface area contributed by atoms with Crippen LogP contribution in [-0.4, -0.2) is 33.4 Å². The molecular formula is C20H19Cl2N3O. The molecule has 1 amide bonds. The number of amides is 1. The van der Waals surface area contributed by atoms with Crippen molar-refractivity contribution in [2.24, 2.45) is 0 Å². The van der Waals surface area contributed by atoms with E-state index in [1.807, 2.05) is 54.3 Å². The molecule has 0 saturated carbocycles. The van der Waals surface area contributed by atoms with Gasteiger partial charge in [-0.25, -0.2) is 4.98 Å². The van der Waals surface area contributed by atoms with Crippen LogP contribution >= 0.6 is 23.2 Å². The van der Waals surface area contributed by atoms with Gasteiger partial charge in [0, 0.05) is 41.0 Å². The highest BCUT2D eigenvalue weighted by Crippen LogP contribution is 2.33. The van der Waals surface area contributed by atoms with E-state index >= 15 is 0 Å². The van der Waals surface area contributed by atoms with Crippen molar-refractivity contribution >= 4 is 40.1 Å². The zero-order valence-corrected chi connectivity index (χ0v) is 16.0. The second-order valence-corrected chi connectivity index (χ2v) is 7.39. The molecule has 2 heterocycles. The van der Waals surface area contributed by atoms with Gasteiger partial charge in [0.2, 0.25) is 5.91 Å². The van der Waals surface area contributed by atoms with E-state index in [1.54, 1.807) is 0 Å². The Morgan fingerprint density at radius 2 is 1.85 bits per heavy atom. The summed E-state index contributed by atoms with van der Waals surface area (Å²) in [7, 11) is 0. The minimum Gasteiger partial charge on any atom is -0.342 e. The number of hydrogen-bond donors (Lipinski definition) is 0. The Labute approximate surface area is 162 Å². The molecule has 0 bridgehead atoms. The highest BCUT2D eigenvalue weighted by molar-refractivity contribution is 6.36. The third-order valence-corrected chi connectivity index (χ3v) is 5.73. The van der Waals surface area contributed by atoms with Gasteiger partial charge in [-0.3, -0.25) is 4.79 Å². The molecule has 1 atom stereocenters. The molecule has 2 aromatic carbocycles. The van der Waals surface area contributed by atoms with Gasteiger partial charge >= 0.3 is 0 Å². The van der Waals surface area contributed by atoms with Gasteiger partial charge in [-0.15, -0.1) is 0 Å². The summed E-state index contributed by atoms with van der Waals surface area (Å²) in [6.45, 7) is 3.97. The molecule has 1 fully saturated rings. The number of likely N-dealkylation sites (tertiary alicyclic amines) is 1. The van der Waals surface area contributed by atoms with Gasteiger partial charge < -0.3 is 9.47 Å². The van der Waals surface area contributed by atoms with Crippen molar-refractivity contribution in [2.75, 3.05) is 13.1 Å². The Kier molecular flexibility index (Phi) is 4.63. The Morgan fingerprint density at radius 3 is 2.54 bits per heavy atom. The molecule has 1 aromatic heterocycles. The topological polar surface area (TPSA) is 38.1 Å². The van der Waals surface area contributed by atoms with E-state index in [1.165, 1.54) is 0 Å². The number of benzene rings is 2. The summed E-state index contributed by atoms with van der Waals surface area (Å²) in [5.41, 5.74) is 2.82. The van der Waals surface area contributed by atoms with Crippen LogP contribution in [0.1, 0.15) is 30.7 Å². The van der Waals surface area contributed by atoms with Crippen LogP contribution in [0.25, 0.3) is 11.0 Å². The first-order valence-electron chi connectivity index (χ1n) is 8.74. The molecular weight excluding hydrogens is 369 g/mol. The number of hydrogen-bond acceptors (Lipinski definition) is 2. The lowest BCUT2D eigenvalue weighted by atomic mass is 10.1. The van der Waals surface area contributed by atoms with E-state index in [4.69, 9.17) is 28.2 Å². The minimum atomic E-state index is 0.0797. The highest BCUT2D eigenvalue weighted by Gasteiger charge is 2.33. The van der Waals surface area contributed by atoms with Gasteiger partial charge in [0.05, 0.1) is 17.6 Å². The first-order valence-corrected chi connectivity index (χ1v) is 9.50. The van der Waals surface area contributed by atoms with Crippen LogP contribution < -0.4 is 0 Å². The monoisotopic (exact) mass is 387 g/mol. The number of carbonyl (C=O) groups excluding carboxylic acids is 1. The van der Waals surface area contributed by atoms with E-state index in [0.717, 1.165) is 29.0 Å². The summed E-state index contributed by atoms with van der Waals surface area (Å²) in [5.74, 6) is 1.19. The minimum absolute atomic E-state index is 0.0797. The standard InChI is InChI=1S/C20H19Cl2N3O/c1-2-24-11-13(10-19(24)26)20-23-17-8-3-4-9-18(17)25(20)12-14-15(21)6-5-7-16(14)22/h3-9,13H,2,10-12H2,1H3. The summed E-state index contributed by atoms with van der Waals surface area (Å²) >= 11 is 12.8. The van der Waals surface area contributed by atoms with Crippen LogP contribution in [0.15, 0.2) is 42.5 Å². The third-order valence-electron chi connectivity index (χ3n) is 5.02. The molecule has 0 spiro atoms. The van der Waals surface area contributed by atoms with Crippen LogP contribution in [0, 0.1) is 0 Å². The lowest BCUT2D eigenvalue weighted by molar-refractivity contribution is -0.127. The number of halogens is 2. The Hall–Kier alpha value is -2.04. The van der Waals surface area contributed by atoms with Gasteiger partial charge in [0.15, 0.2) is 0 Å². The van der Waals surface area contributed by atoms with Crippen LogP contribution in [0.3, 0.4) is 0 Å². The molecule has 134 valence electrons. The van der Waals surface area contributed by atoms with Crippen LogP contribution in [0.5, 0.6) is 0 Å². The largest absolute Gasteiger partial charge is 0.342 e. The average molecular weight is 388 g/mol. The summed E-state index contributed by atoms with van der Waals surface area (Å²) < 4.78 is 2.15. The number of nitrogens with zero attached hydrogens (tertiary/aromatic N) is 3. The van der Waals surface area contributed by atoms with E-state index in [9.17, 15) is 4.79 Å². The van der Waals surface area contributed by atoms with Gasteiger partial charge in [0.1, 0.15) is 5.82 Å². The van der Waals surface area contributed by atoms with Gasteiger partial charge in [-0.2, -0.15) is 0 Å². The molecule has 3 aromatic rings. The van der Waals surface area contributed by atoms with Crippen molar-refractivity contribution in [3.63, 3.8) is 0 Å². The van der Waals surface area contributed by atoms with Crippen LogP contribution in [0.4, 0.5) is 0 Å². The fraction of sp³-hybridized carbons (Fsp3) is 0.300. The molecule has 4 nitrogen and oxygen atoms in total. The zero-order chi connectivity index (χ0) is 18.3. The lowest BCUT2D eigenvalue weighted by Gasteiger charge is -2.16. The maximum atomic E-state index is 12.2. The van der Waals surface area contributed by atoms with Crippen molar-refractivity contribution in [3.05, 3.63) is 63.9 Å². The first kappa shape index (κ1) is 17.4. The van der Waals surface area contributed by atoms with Crippen LogP contribution in [0.2, 0.25) is 10.0 Å². The molecule has 26 heavy (non-hydrogen) atoms. The fourth-order valence-corrected chi connectivity index (χ4v) is 4.18. The fourth-order valence-electron chi connectivity index (χ4n) is 3.66. The van der Waals surface area contributed by atoms with Gasteiger partial charge in [-0.05, 0) is 31.2 Å². The molecule has 6 heteroatoms. The number of rotatable bonds is 4. The molecule has 1 saturated heterocycles. The maximum Gasteiger partial charge on any atom is 0.223 e. The number of imidazole rings is 1. The zero-order valence-electron chi connectivity index (χ0n) is 14.5. The quantitative estimate of drug-likeness (QED) is 0.648. The Bertz CT molecular complexity index is 962. The van der Waals surface area contributed by atoms with E-state index in [2.05, 4.69) is 4.57 Å². The lowest BCUT2D eigenvalue weighted by Crippen LogP contribution is -2.24. The summed E-state index contributed by atoms with van der Waals surface area (Å²) in [5, 5.41) is 1.28. The average Bonchev–Trinajstić information content (AvgIpc) is 3.18. The molecule has 1 unspecified atom stereocenters. The van der Waals surface area contributed by atoms with E-state index in [0.29, 0.717) is 29.6 Å². The molecule has 0 N–H and O–H groups in total. The second kappa shape index (κ2) is 6.93. The summed E-state index contributed by atoms with van der Waals surface area (Å²) in [6.07, 6.45) is 0.493. The number of carbonyl (C=O) groups is 1. The SMILES string of the molecule is CCN1CC(c2nc3ccccc3n2Cc2c(Cl)cccc2Cl)CC1=O. The number of aromatic nitrogens is 2. The first-order chi connectivity index (χ1) is 12.6. The van der Waals surface area contributed by atoms with Crippen LogP contribution in [-0.2, 0) is 11.3 Å². The number of likely N-dealkylation sites (N-methyl/N-ethyl adjacent to an activating group) is 1. The highest BCUT2D eigenvalue weighted by atomic mass is 35.5. The normalized spacial score (nSPS) is 17.4. The molecule has 1 aliphatic rings. The predicted molar refractivity (Wildman–Crippen MR) is 105 cm³/mol. The third kappa shape index (κ3) is 2.97. The number of para-hydroxylation sites is 2. The van der Waals surface area contributed by atoms with Gasteiger partial charge in [-0.1, -0.05) is 41.4 Å². The molecule has 0 aliphatic carbocycles. The maximum absolute atomic E-state index is 12.2. The van der Waals surface area contributed by atoms with Crippen molar-refractivity contribution in [1.82, 2.24) is 14.5 Å². The Balaban J connectivity index is 1.81. The number of fused-ring (bicyclic) bond motifs is 1. The van der Waals surface area contributed by atoms with Gasteiger partial charge in [0.25, 0.3) is 0 Å². The predicted octanol–water partition coefficient (Wildman–Crippen LogP) is 4.73. The van der Waals surface area contributed by atoms with Crippen molar-refractivity contribution in [3.8, 4) is 0 Å². The Morgan fingerprint density at radius 1 is 1.12 bits per heavy atom. The molecule has 4 rings (SSSR count). The smallest absolute Gasteiger partial charge is 0.223 e. The van der Waals surface area contributed by atoms with Crippen molar-refractivity contribution in [2.45, 2.75) is 25.8 Å². The summed E-state index contributed by atoms with van der Waals surface area (Å²) in [6, 6.07) is 13.6. The molecule has 0 radical (unpaired) electrons. The van der Waals surface area contributed by atoms with Crippen molar-refractivity contribution in [1.29, 1.82) is 0 Å². The van der Waals surface area contributed by atoms with E-state index in [-0.39, 0.29) is 11.8 Å². The second-order valence-electron chi connectivity index (χ2n) is 6.58. The van der Waals surface area contributed by atoms with E-state index < -0.39 is 0 Å². The van der Waals surface area contributed by atoms with Crippen molar-refractivity contribution < 1.29 is 4.79 Å². The summed E-state index contributed by atoms with van der Waals surface area (Å²) in [4.78, 5) is 19.0.